The number of carboxylic acid groups (broad SMARTS) is 1. The Morgan fingerprint density at radius 2 is 1.62 bits per heavy atom. The molecule has 0 heterocycles. The number of fused-ring (bicyclic) bond motifs is 1. The number of hydrogen-bond acceptors (Lipinski definition) is 3. The van der Waals surface area contributed by atoms with E-state index in [0.717, 1.165) is 57.8 Å². The van der Waals surface area contributed by atoms with Gasteiger partial charge < -0.3 is 5.11 Å². The molecule has 2 rings (SSSR count). The van der Waals surface area contributed by atoms with Crippen molar-refractivity contribution in [3.8, 4) is 0 Å². The van der Waals surface area contributed by atoms with E-state index in [4.69, 9.17) is 5.11 Å². The fraction of sp³-hybridized carbons (Fsp3) is 0.850. The summed E-state index contributed by atoms with van der Waals surface area (Å²) in [7, 11) is 0. The van der Waals surface area contributed by atoms with E-state index in [-0.39, 0.29) is 18.3 Å². The van der Waals surface area contributed by atoms with Gasteiger partial charge in [0.1, 0.15) is 11.6 Å². The van der Waals surface area contributed by atoms with Gasteiger partial charge in [-0.05, 0) is 37.5 Å². The van der Waals surface area contributed by atoms with Crippen LogP contribution in [0.5, 0.6) is 0 Å². The molecule has 2 aliphatic rings. The molecule has 4 atom stereocenters. The van der Waals surface area contributed by atoms with E-state index in [1.54, 1.807) is 0 Å². The minimum absolute atomic E-state index is 0.133. The average Bonchev–Trinajstić information content (AvgIpc) is 2.85. The van der Waals surface area contributed by atoms with Crippen molar-refractivity contribution in [1.82, 2.24) is 0 Å². The molecule has 0 amide bonds. The van der Waals surface area contributed by atoms with Crippen LogP contribution in [0, 0.1) is 23.7 Å². The first-order valence-electron chi connectivity index (χ1n) is 9.81. The summed E-state index contributed by atoms with van der Waals surface area (Å²) in [6, 6.07) is 0. The molecule has 136 valence electrons. The van der Waals surface area contributed by atoms with Crippen LogP contribution in [0.3, 0.4) is 0 Å². The number of Topliss-reactive ketones (excluding diaryl/α,β-unsaturated/α-hetero) is 2. The van der Waals surface area contributed by atoms with Crippen LogP contribution in [-0.4, -0.2) is 22.6 Å². The van der Waals surface area contributed by atoms with Gasteiger partial charge in [0, 0.05) is 31.1 Å². The molecule has 0 spiro atoms. The summed E-state index contributed by atoms with van der Waals surface area (Å²) in [5, 5.41) is 8.64. The van der Waals surface area contributed by atoms with Gasteiger partial charge in [-0.3, -0.25) is 14.4 Å². The Hall–Kier alpha value is -1.19. The van der Waals surface area contributed by atoms with Gasteiger partial charge in [0.2, 0.25) is 0 Å². The van der Waals surface area contributed by atoms with Crippen molar-refractivity contribution in [1.29, 1.82) is 0 Å². The molecule has 24 heavy (non-hydrogen) atoms. The Morgan fingerprint density at radius 3 is 2.33 bits per heavy atom. The third-order valence-electron chi connectivity index (χ3n) is 6.10. The minimum atomic E-state index is -0.728. The third-order valence-corrected chi connectivity index (χ3v) is 6.10. The fourth-order valence-corrected chi connectivity index (χ4v) is 4.83. The normalized spacial score (nSPS) is 29.7. The van der Waals surface area contributed by atoms with Crippen LogP contribution >= 0.6 is 0 Å². The van der Waals surface area contributed by atoms with Crippen LogP contribution in [0.1, 0.15) is 84.0 Å². The molecule has 0 aromatic carbocycles. The summed E-state index contributed by atoms with van der Waals surface area (Å²) in [4.78, 5) is 35.3. The van der Waals surface area contributed by atoms with Crippen molar-refractivity contribution in [3.63, 3.8) is 0 Å². The van der Waals surface area contributed by atoms with Gasteiger partial charge in [-0.25, -0.2) is 0 Å². The van der Waals surface area contributed by atoms with E-state index >= 15 is 0 Å². The van der Waals surface area contributed by atoms with E-state index in [9.17, 15) is 14.4 Å². The van der Waals surface area contributed by atoms with Crippen molar-refractivity contribution < 1.29 is 19.5 Å². The number of rotatable bonds is 10. The first-order valence-corrected chi connectivity index (χ1v) is 9.81. The molecule has 0 aromatic rings. The standard InChI is InChI=1S/C20H32O4/c1-2-3-8-16-17-13-19(22)15(14(17)11-12-18(16)21)9-6-4-5-7-10-20(23)24/h14-17H,2-13H2,1H3,(H,23,24)/t14-,15-,16?,17+/m1/s1. The van der Waals surface area contributed by atoms with E-state index in [2.05, 4.69) is 6.92 Å². The quantitative estimate of drug-likeness (QED) is 0.600. The van der Waals surface area contributed by atoms with Crippen molar-refractivity contribution in [2.24, 2.45) is 23.7 Å². The second-order valence-corrected chi connectivity index (χ2v) is 7.70. The van der Waals surface area contributed by atoms with Crippen molar-refractivity contribution in [3.05, 3.63) is 0 Å². The maximum Gasteiger partial charge on any atom is 0.303 e. The van der Waals surface area contributed by atoms with Crippen LogP contribution in [0.15, 0.2) is 0 Å². The highest BCUT2D eigenvalue weighted by atomic mass is 16.4. The Balaban J connectivity index is 1.81. The zero-order valence-electron chi connectivity index (χ0n) is 15.0. The fourth-order valence-electron chi connectivity index (χ4n) is 4.83. The van der Waals surface area contributed by atoms with Crippen LogP contribution in [0.2, 0.25) is 0 Å². The molecule has 4 heteroatoms. The Kier molecular flexibility index (Phi) is 7.44. The number of unbranched alkanes of at least 4 members (excludes halogenated alkanes) is 4. The number of ketones is 2. The lowest BCUT2D eigenvalue weighted by atomic mass is 9.69. The SMILES string of the molecule is CCCCC1C(=O)CC[C@H]2[C@@H]1CC(=O)[C@@H]2CCCCCCC(=O)O. The second kappa shape index (κ2) is 9.33. The smallest absolute Gasteiger partial charge is 0.303 e. The van der Waals surface area contributed by atoms with Gasteiger partial charge in [0.15, 0.2) is 0 Å². The van der Waals surface area contributed by atoms with Crippen molar-refractivity contribution in [2.75, 3.05) is 0 Å². The summed E-state index contributed by atoms with van der Waals surface area (Å²) in [5.41, 5.74) is 0. The lowest BCUT2D eigenvalue weighted by Gasteiger charge is -2.34. The number of carboxylic acids is 1. The maximum atomic E-state index is 12.5. The zero-order chi connectivity index (χ0) is 17.5. The molecular weight excluding hydrogens is 304 g/mol. The molecule has 0 radical (unpaired) electrons. The molecule has 1 N–H and O–H groups in total. The summed E-state index contributed by atoms with van der Waals surface area (Å²) >= 11 is 0. The molecule has 2 saturated carbocycles. The van der Waals surface area contributed by atoms with Gasteiger partial charge in [-0.1, -0.05) is 39.0 Å². The average molecular weight is 336 g/mol. The molecule has 0 bridgehead atoms. The maximum absolute atomic E-state index is 12.5. The predicted molar refractivity (Wildman–Crippen MR) is 92.7 cm³/mol. The molecule has 4 nitrogen and oxygen atoms in total. The van der Waals surface area contributed by atoms with Crippen LogP contribution in [0.25, 0.3) is 0 Å². The summed E-state index contributed by atoms with van der Waals surface area (Å²) in [6.45, 7) is 2.15. The van der Waals surface area contributed by atoms with Gasteiger partial charge in [0.25, 0.3) is 0 Å². The zero-order valence-corrected chi connectivity index (χ0v) is 15.0. The molecule has 2 fully saturated rings. The molecule has 0 aliphatic heterocycles. The highest BCUT2D eigenvalue weighted by Crippen LogP contribution is 2.48. The minimum Gasteiger partial charge on any atom is -0.481 e. The predicted octanol–water partition coefficient (Wildman–Crippen LogP) is 4.40. The van der Waals surface area contributed by atoms with E-state index in [0.29, 0.717) is 36.2 Å². The van der Waals surface area contributed by atoms with Gasteiger partial charge in [-0.2, -0.15) is 0 Å². The van der Waals surface area contributed by atoms with Crippen LogP contribution < -0.4 is 0 Å². The first-order chi connectivity index (χ1) is 11.5. The molecule has 1 unspecified atom stereocenters. The Labute approximate surface area is 145 Å². The lowest BCUT2D eigenvalue weighted by Crippen LogP contribution is -2.34. The monoisotopic (exact) mass is 336 g/mol. The highest BCUT2D eigenvalue weighted by Gasteiger charge is 2.48. The van der Waals surface area contributed by atoms with E-state index in [1.165, 1.54) is 0 Å². The third kappa shape index (κ3) is 4.90. The van der Waals surface area contributed by atoms with E-state index in [1.807, 2.05) is 0 Å². The van der Waals surface area contributed by atoms with Gasteiger partial charge >= 0.3 is 5.97 Å². The molecule has 2 aliphatic carbocycles. The summed E-state index contributed by atoms with van der Waals surface area (Å²) in [5.74, 6) is 1.07. The first kappa shape index (κ1) is 19.1. The molecule has 0 aromatic heterocycles. The Bertz CT molecular complexity index is 457. The van der Waals surface area contributed by atoms with Gasteiger partial charge in [0.05, 0.1) is 0 Å². The number of aliphatic carboxylic acids is 1. The van der Waals surface area contributed by atoms with Crippen molar-refractivity contribution in [2.45, 2.75) is 84.0 Å². The Morgan fingerprint density at radius 1 is 0.958 bits per heavy atom. The van der Waals surface area contributed by atoms with Crippen molar-refractivity contribution >= 4 is 17.5 Å². The van der Waals surface area contributed by atoms with Gasteiger partial charge in [-0.15, -0.1) is 0 Å². The summed E-state index contributed by atoms with van der Waals surface area (Å²) < 4.78 is 0. The summed E-state index contributed by atoms with van der Waals surface area (Å²) in [6.07, 6.45) is 10.2. The highest BCUT2D eigenvalue weighted by molar-refractivity contribution is 5.88. The largest absolute Gasteiger partial charge is 0.481 e. The van der Waals surface area contributed by atoms with Crippen LogP contribution in [-0.2, 0) is 14.4 Å². The van der Waals surface area contributed by atoms with E-state index < -0.39 is 5.97 Å². The lowest BCUT2D eigenvalue weighted by molar-refractivity contribution is -0.137. The topological polar surface area (TPSA) is 71.4 Å². The number of hydrogen-bond donors (Lipinski definition) is 1. The molecule has 0 saturated heterocycles. The van der Waals surface area contributed by atoms with Crippen LogP contribution in [0.4, 0.5) is 0 Å². The second-order valence-electron chi connectivity index (χ2n) is 7.70. The number of carbonyl (C=O) groups excluding carboxylic acids is 2. The molecular formula is C20H32O4. The number of carbonyl (C=O) groups is 3.